The number of aliphatic hydroxyl groups excluding tert-OH is 1. The summed E-state index contributed by atoms with van der Waals surface area (Å²) in [7, 11) is 1.67. The molecule has 3 rings (SSSR count). The standard InChI is InChI=1S/C20H26N4O2/c1-5-15(12-25)22-19-8-9-20-21-11-17(24(20)23-19)16-10-14(13(2)3)6-7-18(16)26-4/h6-11,13,15,25H,5,12H2,1-4H3,(H,22,23). The first-order valence-corrected chi connectivity index (χ1v) is 8.97. The molecule has 2 aromatic heterocycles. The number of imidazole rings is 1. The van der Waals surface area contributed by atoms with Crippen LogP contribution in [0, 0.1) is 0 Å². The molecule has 0 radical (unpaired) electrons. The van der Waals surface area contributed by atoms with E-state index in [-0.39, 0.29) is 12.6 Å². The summed E-state index contributed by atoms with van der Waals surface area (Å²) in [5, 5.41) is 17.3. The molecule has 138 valence electrons. The number of benzene rings is 1. The lowest BCUT2D eigenvalue weighted by atomic mass is 9.99. The molecule has 0 aliphatic heterocycles. The predicted octanol–water partition coefficient (Wildman–Crippen LogP) is 3.71. The van der Waals surface area contributed by atoms with E-state index in [1.165, 1.54) is 5.56 Å². The van der Waals surface area contributed by atoms with Crippen LogP contribution in [-0.2, 0) is 0 Å². The summed E-state index contributed by atoms with van der Waals surface area (Å²) in [6.45, 7) is 6.43. The summed E-state index contributed by atoms with van der Waals surface area (Å²) in [6, 6.07) is 9.99. The third-order valence-electron chi connectivity index (χ3n) is 4.59. The summed E-state index contributed by atoms with van der Waals surface area (Å²) < 4.78 is 7.38. The van der Waals surface area contributed by atoms with E-state index < -0.39 is 0 Å². The highest BCUT2D eigenvalue weighted by Crippen LogP contribution is 2.33. The van der Waals surface area contributed by atoms with Crippen LogP contribution in [0.3, 0.4) is 0 Å². The molecule has 3 aromatic rings. The molecule has 0 amide bonds. The molecule has 1 atom stereocenters. The first kappa shape index (κ1) is 18.2. The van der Waals surface area contributed by atoms with Gasteiger partial charge in [-0.25, -0.2) is 9.50 Å². The molecule has 0 spiro atoms. The fourth-order valence-corrected chi connectivity index (χ4v) is 2.90. The van der Waals surface area contributed by atoms with Crippen molar-refractivity contribution in [3.05, 3.63) is 42.1 Å². The van der Waals surface area contributed by atoms with Crippen molar-refractivity contribution >= 4 is 11.5 Å². The van der Waals surface area contributed by atoms with Gasteiger partial charge in [0.25, 0.3) is 0 Å². The molecule has 2 N–H and O–H groups in total. The van der Waals surface area contributed by atoms with Crippen LogP contribution in [0.5, 0.6) is 5.75 Å². The van der Waals surface area contributed by atoms with E-state index in [9.17, 15) is 5.11 Å². The van der Waals surface area contributed by atoms with Gasteiger partial charge in [-0.05, 0) is 42.2 Å². The van der Waals surface area contributed by atoms with E-state index in [1.54, 1.807) is 7.11 Å². The highest BCUT2D eigenvalue weighted by molar-refractivity contribution is 5.71. The Kier molecular flexibility index (Phi) is 5.42. The molecule has 0 saturated heterocycles. The first-order chi connectivity index (χ1) is 12.6. The first-order valence-electron chi connectivity index (χ1n) is 8.97. The third kappa shape index (κ3) is 3.51. The average molecular weight is 354 g/mol. The van der Waals surface area contributed by atoms with E-state index >= 15 is 0 Å². The summed E-state index contributed by atoms with van der Waals surface area (Å²) in [5.74, 6) is 1.91. The lowest BCUT2D eigenvalue weighted by Crippen LogP contribution is -2.23. The van der Waals surface area contributed by atoms with Gasteiger partial charge < -0.3 is 15.2 Å². The molecule has 0 bridgehead atoms. The summed E-state index contributed by atoms with van der Waals surface area (Å²) in [4.78, 5) is 4.47. The minimum absolute atomic E-state index is 0.0225. The Morgan fingerprint density at radius 2 is 2.04 bits per heavy atom. The van der Waals surface area contributed by atoms with Crippen LogP contribution in [0.1, 0.15) is 38.7 Å². The van der Waals surface area contributed by atoms with E-state index in [0.29, 0.717) is 11.7 Å². The van der Waals surface area contributed by atoms with Crippen molar-refractivity contribution < 1.29 is 9.84 Å². The zero-order chi connectivity index (χ0) is 18.7. The summed E-state index contributed by atoms with van der Waals surface area (Å²) in [5.41, 5.74) is 3.83. The van der Waals surface area contributed by atoms with Gasteiger partial charge in [-0.2, -0.15) is 0 Å². The molecule has 0 aliphatic carbocycles. The highest BCUT2D eigenvalue weighted by atomic mass is 16.5. The van der Waals surface area contributed by atoms with E-state index in [0.717, 1.165) is 29.1 Å². The fourth-order valence-electron chi connectivity index (χ4n) is 2.90. The second-order valence-corrected chi connectivity index (χ2v) is 6.68. The number of hydrogen-bond acceptors (Lipinski definition) is 5. The van der Waals surface area contributed by atoms with Crippen molar-refractivity contribution in [3.8, 4) is 17.0 Å². The summed E-state index contributed by atoms with van der Waals surface area (Å²) >= 11 is 0. The van der Waals surface area contributed by atoms with Gasteiger partial charge >= 0.3 is 0 Å². The number of rotatable bonds is 7. The van der Waals surface area contributed by atoms with Gasteiger partial charge in [-0.1, -0.05) is 26.8 Å². The smallest absolute Gasteiger partial charge is 0.154 e. The van der Waals surface area contributed by atoms with Crippen LogP contribution in [0.25, 0.3) is 16.9 Å². The molecule has 0 fully saturated rings. The zero-order valence-electron chi connectivity index (χ0n) is 15.7. The molecule has 0 saturated carbocycles. The Morgan fingerprint density at radius 1 is 1.23 bits per heavy atom. The number of anilines is 1. The summed E-state index contributed by atoms with van der Waals surface area (Å²) in [6.07, 6.45) is 2.63. The minimum atomic E-state index is -0.0225. The number of aromatic nitrogens is 3. The molecule has 2 heterocycles. The van der Waals surface area contributed by atoms with Gasteiger partial charge in [0.1, 0.15) is 11.6 Å². The van der Waals surface area contributed by atoms with Crippen LogP contribution in [-0.4, -0.2) is 39.5 Å². The lowest BCUT2D eigenvalue weighted by molar-refractivity contribution is 0.271. The number of nitrogens with zero attached hydrogens (tertiary/aromatic N) is 3. The third-order valence-corrected chi connectivity index (χ3v) is 4.59. The number of ether oxygens (including phenoxy) is 1. The Labute approximate surface area is 153 Å². The number of fused-ring (bicyclic) bond motifs is 1. The van der Waals surface area contributed by atoms with Crippen LogP contribution < -0.4 is 10.1 Å². The maximum absolute atomic E-state index is 9.42. The van der Waals surface area contributed by atoms with Crippen molar-refractivity contribution in [1.29, 1.82) is 0 Å². The van der Waals surface area contributed by atoms with E-state index in [4.69, 9.17) is 4.74 Å². The van der Waals surface area contributed by atoms with Gasteiger partial charge in [0.2, 0.25) is 0 Å². The number of aliphatic hydroxyl groups is 1. The SMILES string of the molecule is CCC(CO)Nc1ccc2ncc(-c3cc(C(C)C)ccc3OC)n2n1. The number of nitrogens with one attached hydrogen (secondary N) is 1. The molecule has 6 nitrogen and oxygen atoms in total. The normalized spacial score (nSPS) is 12.5. The van der Waals surface area contributed by atoms with Gasteiger partial charge in [-0.3, -0.25) is 0 Å². The molecule has 1 aromatic carbocycles. The predicted molar refractivity (Wildman–Crippen MR) is 104 cm³/mol. The Hall–Kier alpha value is -2.60. The topological polar surface area (TPSA) is 71.7 Å². The van der Waals surface area contributed by atoms with Crippen LogP contribution in [0.15, 0.2) is 36.5 Å². The Bertz CT molecular complexity index is 885. The second kappa shape index (κ2) is 7.74. The van der Waals surface area contributed by atoms with Crippen LogP contribution in [0.2, 0.25) is 0 Å². The molecule has 26 heavy (non-hydrogen) atoms. The lowest BCUT2D eigenvalue weighted by Gasteiger charge is -2.15. The van der Waals surface area contributed by atoms with Crippen LogP contribution >= 0.6 is 0 Å². The quantitative estimate of drug-likeness (QED) is 0.677. The molecule has 0 aliphatic rings. The van der Waals surface area contributed by atoms with E-state index in [2.05, 4.69) is 41.4 Å². The molecule has 6 heteroatoms. The molecule has 1 unspecified atom stereocenters. The van der Waals surface area contributed by atoms with Crippen LogP contribution in [0.4, 0.5) is 5.82 Å². The minimum Gasteiger partial charge on any atom is -0.496 e. The van der Waals surface area contributed by atoms with Gasteiger partial charge in [-0.15, -0.1) is 5.10 Å². The van der Waals surface area contributed by atoms with Crippen molar-refractivity contribution in [2.45, 2.75) is 39.2 Å². The van der Waals surface area contributed by atoms with Crippen molar-refractivity contribution in [1.82, 2.24) is 14.6 Å². The van der Waals surface area contributed by atoms with E-state index in [1.807, 2.05) is 35.8 Å². The number of methoxy groups -OCH3 is 1. The Balaban J connectivity index is 2.09. The van der Waals surface area contributed by atoms with Crippen molar-refractivity contribution in [2.75, 3.05) is 19.0 Å². The van der Waals surface area contributed by atoms with Gasteiger partial charge in [0, 0.05) is 5.56 Å². The zero-order valence-corrected chi connectivity index (χ0v) is 15.7. The van der Waals surface area contributed by atoms with Gasteiger partial charge in [0.05, 0.1) is 31.6 Å². The van der Waals surface area contributed by atoms with Crippen molar-refractivity contribution in [3.63, 3.8) is 0 Å². The maximum Gasteiger partial charge on any atom is 0.154 e. The number of hydrogen-bond donors (Lipinski definition) is 2. The Morgan fingerprint density at radius 3 is 2.69 bits per heavy atom. The fraction of sp³-hybridized carbons (Fsp3) is 0.400. The monoisotopic (exact) mass is 354 g/mol. The second-order valence-electron chi connectivity index (χ2n) is 6.68. The van der Waals surface area contributed by atoms with Gasteiger partial charge in [0.15, 0.2) is 5.65 Å². The largest absolute Gasteiger partial charge is 0.496 e. The molecular formula is C20H26N4O2. The highest BCUT2D eigenvalue weighted by Gasteiger charge is 2.15. The van der Waals surface area contributed by atoms with Crippen molar-refractivity contribution in [2.24, 2.45) is 0 Å². The maximum atomic E-state index is 9.42. The average Bonchev–Trinajstić information content (AvgIpc) is 3.08. The molecular weight excluding hydrogens is 328 g/mol.